The maximum Gasteiger partial charge on any atom is 0.115 e. The fourth-order valence-electron chi connectivity index (χ4n) is 5.38. The molecule has 0 amide bonds. The number of halogens is 1. The quantitative estimate of drug-likeness (QED) is 0.510. The summed E-state index contributed by atoms with van der Waals surface area (Å²) in [5.74, 6) is 1.49. The molecule has 0 radical (unpaired) electrons. The summed E-state index contributed by atoms with van der Waals surface area (Å²) in [5, 5.41) is 22.3. The molecule has 5 heteroatoms. The van der Waals surface area contributed by atoms with E-state index in [1.165, 1.54) is 16.6 Å². The molecular weight excluding hydrogens is 384 g/mol. The minimum Gasteiger partial charge on any atom is -0.511 e. The van der Waals surface area contributed by atoms with Crippen LogP contribution in [0.2, 0.25) is 5.02 Å². The molecule has 3 aromatic rings. The Balaban J connectivity index is 1.44. The van der Waals surface area contributed by atoms with E-state index in [1.54, 1.807) is 12.1 Å². The van der Waals surface area contributed by atoms with Crippen molar-refractivity contribution in [3.05, 3.63) is 76.6 Å². The van der Waals surface area contributed by atoms with Gasteiger partial charge < -0.3 is 15.2 Å². The molecule has 2 heterocycles. The molecule has 1 saturated heterocycles. The Morgan fingerprint density at radius 3 is 2.79 bits per heavy atom. The number of aromatic nitrogens is 1. The molecular formula is C24H25ClN2O2. The van der Waals surface area contributed by atoms with E-state index in [0.29, 0.717) is 11.8 Å². The number of para-hydroxylation sites is 1. The van der Waals surface area contributed by atoms with Gasteiger partial charge in [-0.25, -0.2) is 0 Å². The third-order valence-corrected chi connectivity index (χ3v) is 7.02. The molecule has 0 saturated carbocycles. The SMILES string of the molecule is C=C(O)C(c1cccc(O)c1)N1CCC2Cc3[nH]c4c(Cl)cccc4c3CC2C1. The predicted octanol–water partition coefficient (Wildman–Crippen LogP) is 5.38. The molecule has 3 N–H and O–H groups in total. The van der Waals surface area contributed by atoms with E-state index >= 15 is 0 Å². The number of piperidine rings is 1. The van der Waals surface area contributed by atoms with E-state index in [-0.39, 0.29) is 17.6 Å². The van der Waals surface area contributed by atoms with Gasteiger partial charge in [-0.3, -0.25) is 4.90 Å². The highest BCUT2D eigenvalue weighted by Gasteiger charge is 2.38. The van der Waals surface area contributed by atoms with Crippen LogP contribution in [-0.2, 0) is 12.8 Å². The molecule has 1 aliphatic carbocycles. The summed E-state index contributed by atoms with van der Waals surface area (Å²) in [6.45, 7) is 5.63. The van der Waals surface area contributed by atoms with E-state index in [1.807, 2.05) is 24.3 Å². The van der Waals surface area contributed by atoms with Gasteiger partial charge in [0.1, 0.15) is 11.5 Å². The molecule has 29 heavy (non-hydrogen) atoms. The van der Waals surface area contributed by atoms with Crippen LogP contribution in [0.3, 0.4) is 0 Å². The van der Waals surface area contributed by atoms with E-state index < -0.39 is 0 Å². The van der Waals surface area contributed by atoms with Crippen molar-refractivity contribution >= 4 is 22.5 Å². The van der Waals surface area contributed by atoms with Crippen molar-refractivity contribution in [1.29, 1.82) is 0 Å². The van der Waals surface area contributed by atoms with Gasteiger partial charge in [-0.15, -0.1) is 0 Å². The maximum atomic E-state index is 10.4. The van der Waals surface area contributed by atoms with E-state index in [4.69, 9.17) is 11.6 Å². The first-order chi connectivity index (χ1) is 14.0. The Morgan fingerprint density at radius 2 is 2.00 bits per heavy atom. The van der Waals surface area contributed by atoms with Gasteiger partial charge in [-0.2, -0.15) is 0 Å². The zero-order chi connectivity index (χ0) is 20.1. The number of aliphatic hydroxyl groups is 1. The Labute approximate surface area is 175 Å². The Kier molecular flexibility index (Phi) is 4.56. The number of nitrogens with zero attached hydrogens (tertiary/aromatic N) is 1. The lowest BCUT2D eigenvalue weighted by molar-refractivity contribution is 0.0716. The predicted molar refractivity (Wildman–Crippen MR) is 117 cm³/mol. The lowest BCUT2D eigenvalue weighted by Gasteiger charge is -2.44. The van der Waals surface area contributed by atoms with Crippen LogP contribution >= 0.6 is 11.6 Å². The molecule has 0 bridgehead atoms. The highest BCUT2D eigenvalue weighted by Crippen LogP contribution is 2.42. The Bertz CT molecular complexity index is 1090. The molecule has 0 spiro atoms. The second-order valence-electron chi connectivity index (χ2n) is 8.45. The molecule has 1 aromatic heterocycles. The number of nitrogens with one attached hydrogen (secondary N) is 1. The van der Waals surface area contributed by atoms with Crippen LogP contribution in [0.5, 0.6) is 5.75 Å². The first-order valence-corrected chi connectivity index (χ1v) is 10.6. The summed E-state index contributed by atoms with van der Waals surface area (Å²) in [6, 6.07) is 13.0. The third kappa shape index (κ3) is 3.21. The van der Waals surface area contributed by atoms with Crippen LogP contribution in [0.25, 0.3) is 10.9 Å². The second-order valence-corrected chi connectivity index (χ2v) is 8.85. The number of fused-ring (bicyclic) bond motifs is 4. The first-order valence-electron chi connectivity index (χ1n) is 10.2. The zero-order valence-corrected chi connectivity index (χ0v) is 17.0. The van der Waals surface area contributed by atoms with Crippen molar-refractivity contribution in [2.45, 2.75) is 25.3 Å². The number of benzene rings is 2. The summed E-state index contributed by atoms with van der Waals surface area (Å²) in [7, 11) is 0. The number of rotatable bonds is 3. The van der Waals surface area contributed by atoms with Crippen molar-refractivity contribution in [3.63, 3.8) is 0 Å². The zero-order valence-electron chi connectivity index (χ0n) is 16.2. The van der Waals surface area contributed by atoms with Crippen LogP contribution in [0.4, 0.5) is 0 Å². The summed E-state index contributed by atoms with van der Waals surface area (Å²) >= 11 is 6.41. The van der Waals surface area contributed by atoms with Crippen LogP contribution in [0.15, 0.2) is 54.8 Å². The van der Waals surface area contributed by atoms with Crippen molar-refractivity contribution in [2.24, 2.45) is 11.8 Å². The van der Waals surface area contributed by atoms with E-state index in [0.717, 1.165) is 48.5 Å². The number of aromatic hydroxyl groups is 1. The summed E-state index contributed by atoms with van der Waals surface area (Å²) < 4.78 is 0. The minimum absolute atomic E-state index is 0.129. The molecule has 150 valence electrons. The number of hydrogen-bond donors (Lipinski definition) is 3. The average Bonchev–Trinajstić information content (AvgIpc) is 3.05. The molecule has 2 aliphatic rings. The van der Waals surface area contributed by atoms with Crippen LogP contribution < -0.4 is 0 Å². The molecule has 4 nitrogen and oxygen atoms in total. The van der Waals surface area contributed by atoms with Gasteiger partial charge in [0.25, 0.3) is 0 Å². The number of likely N-dealkylation sites (tertiary alicyclic amines) is 1. The summed E-state index contributed by atoms with van der Waals surface area (Å²) in [5.41, 5.74) is 4.66. The molecule has 5 rings (SSSR count). The van der Waals surface area contributed by atoms with E-state index in [9.17, 15) is 10.2 Å². The molecule has 1 aliphatic heterocycles. The van der Waals surface area contributed by atoms with Gasteiger partial charge in [0.15, 0.2) is 0 Å². The highest BCUT2D eigenvalue weighted by atomic mass is 35.5. The average molecular weight is 409 g/mol. The standard InChI is InChI=1S/C24H25ClN2O2/c1-14(28)24(16-4-2-5-18(29)10-16)27-9-8-15-12-22-20(11-17(15)13-27)19-6-3-7-21(25)23(19)26-22/h2-7,10,15,17,24,26,28-29H,1,8-9,11-13H2. The number of H-pyrrole nitrogens is 1. The monoisotopic (exact) mass is 408 g/mol. The molecule has 1 fully saturated rings. The highest BCUT2D eigenvalue weighted by molar-refractivity contribution is 6.35. The minimum atomic E-state index is -0.290. The van der Waals surface area contributed by atoms with Gasteiger partial charge in [-0.1, -0.05) is 42.4 Å². The Morgan fingerprint density at radius 1 is 1.17 bits per heavy atom. The lowest BCUT2D eigenvalue weighted by atomic mass is 9.73. The molecule has 3 unspecified atom stereocenters. The number of aliphatic hydroxyl groups excluding tert-OH is 1. The van der Waals surface area contributed by atoms with Crippen molar-refractivity contribution < 1.29 is 10.2 Å². The van der Waals surface area contributed by atoms with Crippen molar-refractivity contribution in [1.82, 2.24) is 9.88 Å². The van der Waals surface area contributed by atoms with Crippen LogP contribution in [0.1, 0.15) is 29.3 Å². The summed E-state index contributed by atoms with van der Waals surface area (Å²) in [6.07, 6.45) is 3.15. The normalized spacial score (nSPS) is 22.8. The lowest BCUT2D eigenvalue weighted by Crippen LogP contribution is -2.45. The van der Waals surface area contributed by atoms with Gasteiger partial charge in [0, 0.05) is 17.6 Å². The smallest absolute Gasteiger partial charge is 0.115 e. The summed E-state index contributed by atoms with van der Waals surface area (Å²) in [4.78, 5) is 5.88. The van der Waals surface area contributed by atoms with Gasteiger partial charge >= 0.3 is 0 Å². The number of aromatic amines is 1. The second kappa shape index (κ2) is 7.12. The number of phenolic OH excluding ortho intramolecular Hbond substituents is 1. The molecule has 3 atom stereocenters. The number of phenols is 1. The van der Waals surface area contributed by atoms with Crippen molar-refractivity contribution in [2.75, 3.05) is 13.1 Å². The largest absolute Gasteiger partial charge is 0.511 e. The fourth-order valence-corrected chi connectivity index (χ4v) is 5.60. The Hall–Kier alpha value is -2.43. The number of hydrogen-bond acceptors (Lipinski definition) is 3. The van der Waals surface area contributed by atoms with Gasteiger partial charge in [0.05, 0.1) is 16.6 Å². The van der Waals surface area contributed by atoms with Gasteiger partial charge in [0.2, 0.25) is 0 Å². The van der Waals surface area contributed by atoms with Crippen LogP contribution in [-0.4, -0.2) is 33.2 Å². The fraction of sp³-hybridized carbons (Fsp3) is 0.333. The van der Waals surface area contributed by atoms with E-state index in [2.05, 4.69) is 22.5 Å². The van der Waals surface area contributed by atoms with Crippen molar-refractivity contribution in [3.8, 4) is 5.75 Å². The molecule has 2 aromatic carbocycles. The maximum absolute atomic E-state index is 10.4. The third-order valence-electron chi connectivity index (χ3n) is 6.70. The first kappa shape index (κ1) is 18.6. The van der Waals surface area contributed by atoms with Gasteiger partial charge in [-0.05, 0) is 67.0 Å². The van der Waals surface area contributed by atoms with Crippen LogP contribution in [0, 0.1) is 11.8 Å². The topological polar surface area (TPSA) is 59.5 Å².